The Hall–Kier alpha value is -3.05. The summed E-state index contributed by atoms with van der Waals surface area (Å²) in [5, 5.41) is 1.28. The molecule has 4 aromatic rings. The molecule has 0 amide bonds. The number of furan rings is 1. The van der Waals surface area contributed by atoms with Crippen molar-refractivity contribution in [3.8, 4) is 17.0 Å². The molecule has 0 saturated carbocycles. The van der Waals surface area contributed by atoms with Gasteiger partial charge in [0.05, 0.1) is 17.6 Å². The number of aromatic nitrogens is 2. The molecule has 25 heavy (non-hydrogen) atoms. The zero-order chi connectivity index (χ0) is 17.6. The lowest BCUT2D eigenvalue weighted by Crippen LogP contribution is -2.23. The Balaban J connectivity index is 2.18. The van der Waals surface area contributed by atoms with E-state index in [1.54, 1.807) is 36.4 Å². The summed E-state index contributed by atoms with van der Waals surface area (Å²) in [4.78, 5) is 17.8. The zero-order valence-electron chi connectivity index (χ0n) is 13.4. The molecule has 0 unspecified atom stereocenters. The predicted molar refractivity (Wildman–Crippen MR) is 99.2 cm³/mol. The molecule has 5 nitrogen and oxygen atoms in total. The Morgan fingerprint density at radius 3 is 2.56 bits per heavy atom. The largest absolute Gasteiger partial charge is 0.464 e. The molecule has 0 spiro atoms. The molecular formula is C19H14ClN3O2. The minimum absolute atomic E-state index is 0.291. The maximum absolute atomic E-state index is 13.2. The van der Waals surface area contributed by atoms with Crippen molar-refractivity contribution >= 4 is 28.3 Å². The minimum atomic E-state index is -0.291. The number of aryl methyl sites for hydroxylation is 1. The number of halogens is 1. The summed E-state index contributed by atoms with van der Waals surface area (Å²) < 4.78 is 6.96. The van der Waals surface area contributed by atoms with Gasteiger partial charge < -0.3 is 10.2 Å². The second-order valence-electron chi connectivity index (χ2n) is 5.71. The van der Waals surface area contributed by atoms with E-state index in [9.17, 15) is 4.79 Å². The highest BCUT2D eigenvalue weighted by Crippen LogP contribution is 2.30. The van der Waals surface area contributed by atoms with E-state index in [-0.39, 0.29) is 5.56 Å². The van der Waals surface area contributed by atoms with Gasteiger partial charge in [-0.05, 0) is 55.5 Å². The topological polar surface area (TPSA) is 74.0 Å². The fraction of sp³-hybridized carbons (Fsp3) is 0.0526. The van der Waals surface area contributed by atoms with Crippen LogP contribution >= 0.6 is 11.6 Å². The van der Waals surface area contributed by atoms with E-state index in [0.29, 0.717) is 38.8 Å². The summed E-state index contributed by atoms with van der Waals surface area (Å²) >= 11 is 5.98. The van der Waals surface area contributed by atoms with Crippen LogP contribution in [-0.4, -0.2) is 9.55 Å². The van der Waals surface area contributed by atoms with Crippen LogP contribution in [0.2, 0.25) is 5.02 Å². The van der Waals surface area contributed by atoms with Crippen LogP contribution in [0.1, 0.15) is 5.69 Å². The maximum atomic E-state index is 13.2. The number of fused-ring (bicyclic) bond motifs is 1. The second kappa shape index (κ2) is 5.79. The standard InChI is InChI=1S/C19H14ClN3O2/c1-11-4-9-14-17(21)16(15-3-2-10-25-15)19(24)23(18(14)22-11)13-7-5-12(20)6-8-13/h2-10H,21H2,1H3. The van der Waals surface area contributed by atoms with Gasteiger partial charge in [0.15, 0.2) is 0 Å². The predicted octanol–water partition coefficient (Wildman–Crippen LogP) is 4.19. The molecule has 0 radical (unpaired) electrons. The first-order valence-corrected chi connectivity index (χ1v) is 8.05. The van der Waals surface area contributed by atoms with Crippen LogP contribution in [0, 0.1) is 6.92 Å². The Kier molecular flexibility index (Phi) is 3.58. The number of nitrogen functional groups attached to an aromatic ring is 1. The molecule has 0 aliphatic carbocycles. The van der Waals surface area contributed by atoms with Crippen molar-refractivity contribution in [3.63, 3.8) is 0 Å². The quantitative estimate of drug-likeness (QED) is 0.587. The van der Waals surface area contributed by atoms with Gasteiger partial charge in [-0.3, -0.25) is 9.36 Å². The van der Waals surface area contributed by atoms with Crippen LogP contribution in [0.15, 0.2) is 64.0 Å². The van der Waals surface area contributed by atoms with Gasteiger partial charge in [-0.15, -0.1) is 0 Å². The van der Waals surface area contributed by atoms with Crippen molar-refractivity contribution in [2.75, 3.05) is 5.73 Å². The molecule has 2 N–H and O–H groups in total. The first-order chi connectivity index (χ1) is 12.1. The maximum Gasteiger partial charge on any atom is 0.269 e. The van der Waals surface area contributed by atoms with Gasteiger partial charge in [0.25, 0.3) is 5.56 Å². The van der Waals surface area contributed by atoms with Crippen LogP contribution in [0.5, 0.6) is 0 Å². The summed E-state index contributed by atoms with van der Waals surface area (Å²) in [6, 6.07) is 14.2. The molecule has 4 rings (SSSR count). The second-order valence-corrected chi connectivity index (χ2v) is 6.14. The van der Waals surface area contributed by atoms with E-state index in [1.807, 2.05) is 19.1 Å². The number of benzene rings is 1. The smallest absolute Gasteiger partial charge is 0.269 e. The summed E-state index contributed by atoms with van der Waals surface area (Å²) in [5.74, 6) is 0.424. The molecule has 0 aliphatic heterocycles. The lowest BCUT2D eigenvalue weighted by Gasteiger charge is -2.14. The van der Waals surface area contributed by atoms with E-state index in [1.165, 1.54) is 10.8 Å². The van der Waals surface area contributed by atoms with E-state index in [4.69, 9.17) is 21.8 Å². The van der Waals surface area contributed by atoms with Gasteiger partial charge in [0.2, 0.25) is 0 Å². The van der Waals surface area contributed by atoms with Gasteiger partial charge in [0.1, 0.15) is 17.0 Å². The molecule has 0 fully saturated rings. The fourth-order valence-corrected chi connectivity index (χ4v) is 3.00. The third-order valence-corrected chi connectivity index (χ3v) is 4.31. The summed E-state index contributed by atoms with van der Waals surface area (Å²) in [5.41, 5.74) is 8.63. The van der Waals surface area contributed by atoms with Gasteiger partial charge in [-0.1, -0.05) is 11.6 Å². The van der Waals surface area contributed by atoms with Crippen LogP contribution in [0.3, 0.4) is 0 Å². The molecule has 124 valence electrons. The number of hydrogen-bond acceptors (Lipinski definition) is 4. The number of rotatable bonds is 2. The molecule has 0 saturated heterocycles. The molecule has 0 aliphatic rings. The summed E-state index contributed by atoms with van der Waals surface area (Å²) in [6.45, 7) is 1.87. The number of hydrogen-bond donors (Lipinski definition) is 1. The lowest BCUT2D eigenvalue weighted by atomic mass is 10.1. The molecular weight excluding hydrogens is 338 g/mol. The Bertz CT molecular complexity index is 1130. The Morgan fingerprint density at radius 2 is 1.88 bits per heavy atom. The number of anilines is 1. The zero-order valence-corrected chi connectivity index (χ0v) is 14.1. The Labute approximate surface area is 148 Å². The lowest BCUT2D eigenvalue weighted by molar-refractivity contribution is 0.581. The normalized spacial score (nSPS) is 11.1. The molecule has 3 heterocycles. The van der Waals surface area contributed by atoms with Crippen molar-refractivity contribution in [1.82, 2.24) is 9.55 Å². The molecule has 1 aromatic carbocycles. The van der Waals surface area contributed by atoms with Crippen LogP contribution in [-0.2, 0) is 0 Å². The summed E-state index contributed by atoms with van der Waals surface area (Å²) in [6.07, 6.45) is 1.51. The summed E-state index contributed by atoms with van der Waals surface area (Å²) in [7, 11) is 0. The van der Waals surface area contributed by atoms with E-state index in [2.05, 4.69) is 4.98 Å². The average molecular weight is 352 g/mol. The van der Waals surface area contributed by atoms with Crippen molar-refractivity contribution < 1.29 is 4.42 Å². The first-order valence-electron chi connectivity index (χ1n) is 7.68. The van der Waals surface area contributed by atoms with Gasteiger partial charge >= 0.3 is 0 Å². The van der Waals surface area contributed by atoms with E-state index < -0.39 is 0 Å². The molecule has 6 heteroatoms. The SMILES string of the molecule is Cc1ccc2c(N)c(-c3ccco3)c(=O)n(-c3ccc(Cl)cc3)c2n1. The molecule has 0 bridgehead atoms. The average Bonchev–Trinajstić information content (AvgIpc) is 3.10. The highest BCUT2D eigenvalue weighted by atomic mass is 35.5. The highest BCUT2D eigenvalue weighted by Gasteiger charge is 2.20. The Morgan fingerprint density at radius 1 is 1.12 bits per heavy atom. The highest BCUT2D eigenvalue weighted by molar-refractivity contribution is 6.30. The van der Waals surface area contributed by atoms with Crippen LogP contribution < -0.4 is 11.3 Å². The van der Waals surface area contributed by atoms with Gasteiger partial charge in [-0.2, -0.15) is 0 Å². The molecule has 3 aromatic heterocycles. The minimum Gasteiger partial charge on any atom is -0.464 e. The van der Waals surface area contributed by atoms with E-state index in [0.717, 1.165) is 5.69 Å². The monoisotopic (exact) mass is 351 g/mol. The first kappa shape index (κ1) is 15.5. The molecule has 0 atom stereocenters. The van der Waals surface area contributed by atoms with Crippen LogP contribution in [0.25, 0.3) is 28.0 Å². The third-order valence-electron chi connectivity index (χ3n) is 4.06. The number of nitrogens with zero attached hydrogens (tertiary/aromatic N) is 2. The van der Waals surface area contributed by atoms with Crippen molar-refractivity contribution in [2.24, 2.45) is 0 Å². The van der Waals surface area contributed by atoms with Gasteiger partial charge in [-0.25, -0.2) is 4.98 Å². The fourth-order valence-electron chi connectivity index (χ4n) is 2.87. The number of pyridine rings is 2. The third kappa shape index (κ3) is 2.49. The van der Waals surface area contributed by atoms with Crippen LogP contribution in [0.4, 0.5) is 5.69 Å². The van der Waals surface area contributed by atoms with E-state index >= 15 is 0 Å². The van der Waals surface area contributed by atoms with Gasteiger partial charge in [0, 0.05) is 16.1 Å². The van der Waals surface area contributed by atoms with Crippen molar-refractivity contribution in [2.45, 2.75) is 6.92 Å². The van der Waals surface area contributed by atoms with Crippen molar-refractivity contribution in [3.05, 3.63) is 75.9 Å². The number of nitrogens with two attached hydrogens (primary N) is 1. The van der Waals surface area contributed by atoms with Crippen molar-refractivity contribution in [1.29, 1.82) is 0 Å².